The molecule has 6 rings (SSSR count). The quantitative estimate of drug-likeness (QED) is 0.150. The van der Waals surface area contributed by atoms with Crippen molar-refractivity contribution in [2.24, 2.45) is 5.92 Å². The zero-order chi connectivity index (χ0) is 28.1. The summed E-state index contributed by atoms with van der Waals surface area (Å²) in [6.45, 7) is 0.131. The minimum atomic E-state index is -0.917. The molecule has 1 fully saturated rings. The first kappa shape index (κ1) is 26.8. The first-order valence-corrected chi connectivity index (χ1v) is 14.8. The fourth-order valence-corrected chi connectivity index (χ4v) is 7.86. The van der Waals surface area contributed by atoms with E-state index in [1.807, 2.05) is 0 Å². The van der Waals surface area contributed by atoms with Crippen LogP contribution in [0.4, 0.5) is 11.4 Å². The zero-order valence-corrected chi connectivity index (χ0v) is 24.2. The SMILES string of the molecule is O=C1C2Sc3[nH]c(=O)sc3[C@H](c3cc([N+](=O)[O-])ccc3OCc3ccc(Cl)cc3)C2C(=O)N1c1ccc(Br)cc1. The summed E-state index contributed by atoms with van der Waals surface area (Å²) in [5.41, 5.74) is 1.39. The van der Waals surface area contributed by atoms with Crippen molar-refractivity contribution in [3.8, 4) is 5.75 Å². The number of ether oxygens (including phenoxy) is 1. The molecule has 0 spiro atoms. The van der Waals surface area contributed by atoms with Gasteiger partial charge >= 0.3 is 4.87 Å². The number of amides is 2. The highest BCUT2D eigenvalue weighted by Crippen LogP contribution is 2.55. The Labute approximate surface area is 248 Å². The van der Waals surface area contributed by atoms with Crippen LogP contribution in [0.5, 0.6) is 5.75 Å². The average Bonchev–Trinajstić information content (AvgIpc) is 3.43. The number of non-ortho nitro benzene ring substituents is 1. The Bertz CT molecular complexity index is 1720. The van der Waals surface area contributed by atoms with Gasteiger partial charge in [0.25, 0.3) is 5.69 Å². The minimum Gasteiger partial charge on any atom is -0.489 e. The van der Waals surface area contributed by atoms with Gasteiger partial charge in [-0.1, -0.05) is 62.8 Å². The van der Waals surface area contributed by atoms with Crippen molar-refractivity contribution in [1.82, 2.24) is 4.98 Å². The van der Waals surface area contributed by atoms with E-state index in [1.54, 1.807) is 48.5 Å². The highest BCUT2D eigenvalue weighted by atomic mass is 79.9. The summed E-state index contributed by atoms with van der Waals surface area (Å²) < 4.78 is 6.93. The van der Waals surface area contributed by atoms with Gasteiger partial charge in [0.05, 0.1) is 21.6 Å². The van der Waals surface area contributed by atoms with E-state index in [2.05, 4.69) is 20.9 Å². The second kappa shape index (κ2) is 10.5. The van der Waals surface area contributed by atoms with Gasteiger partial charge in [0.2, 0.25) is 11.8 Å². The van der Waals surface area contributed by atoms with Gasteiger partial charge < -0.3 is 9.72 Å². The molecule has 2 unspecified atom stereocenters. The average molecular weight is 659 g/mol. The molecule has 202 valence electrons. The lowest BCUT2D eigenvalue weighted by atomic mass is 9.82. The Balaban J connectivity index is 1.47. The predicted molar refractivity (Wildman–Crippen MR) is 155 cm³/mol. The molecule has 3 aromatic carbocycles. The van der Waals surface area contributed by atoms with Gasteiger partial charge in [-0.05, 0) is 48.0 Å². The van der Waals surface area contributed by atoms with Gasteiger partial charge in [-0.25, -0.2) is 4.90 Å². The second-order valence-corrected chi connectivity index (χ2v) is 12.7. The van der Waals surface area contributed by atoms with Crippen molar-refractivity contribution in [3.63, 3.8) is 0 Å². The third kappa shape index (κ3) is 4.74. The number of thiazole rings is 1. The van der Waals surface area contributed by atoms with Gasteiger partial charge in [-0.2, -0.15) is 0 Å². The van der Waals surface area contributed by atoms with Crippen LogP contribution in [0.15, 0.2) is 81.0 Å². The number of nitro benzene ring substituents is 1. The van der Waals surface area contributed by atoms with E-state index in [9.17, 15) is 24.5 Å². The van der Waals surface area contributed by atoms with Crippen molar-refractivity contribution in [2.45, 2.75) is 22.8 Å². The Hall–Kier alpha value is -3.45. The Morgan fingerprint density at radius 3 is 2.45 bits per heavy atom. The molecular weight excluding hydrogens is 642 g/mol. The van der Waals surface area contributed by atoms with Crippen LogP contribution >= 0.6 is 50.6 Å². The molecule has 2 aliphatic heterocycles. The molecule has 1 N–H and O–H groups in total. The second-order valence-electron chi connectivity index (χ2n) is 9.13. The molecule has 0 bridgehead atoms. The number of aromatic amines is 1. The number of rotatable bonds is 6. The van der Waals surface area contributed by atoms with Crippen LogP contribution < -0.4 is 14.5 Å². The minimum absolute atomic E-state index is 0.131. The molecule has 13 heteroatoms. The highest BCUT2D eigenvalue weighted by Gasteiger charge is 2.57. The van der Waals surface area contributed by atoms with E-state index in [-0.39, 0.29) is 17.2 Å². The number of nitrogens with one attached hydrogen (secondary N) is 1. The number of halogens is 2. The van der Waals surface area contributed by atoms with Crippen molar-refractivity contribution < 1.29 is 19.2 Å². The summed E-state index contributed by atoms with van der Waals surface area (Å²) in [4.78, 5) is 55.5. The topological polar surface area (TPSA) is 123 Å². The molecule has 1 aromatic heterocycles. The Morgan fingerprint density at radius 2 is 1.75 bits per heavy atom. The summed E-state index contributed by atoms with van der Waals surface area (Å²) >= 11 is 11.4. The van der Waals surface area contributed by atoms with Crippen LogP contribution in [-0.2, 0) is 16.2 Å². The molecule has 4 aromatic rings. The van der Waals surface area contributed by atoms with Gasteiger partial charge in [-0.15, -0.1) is 0 Å². The number of anilines is 1. The molecule has 40 heavy (non-hydrogen) atoms. The summed E-state index contributed by atoms with van der Waals surface area (Å²) in [6, 6.07) is 18.0. The molecule has 1 saturated heterocycles. The van der Waals surface area contributed by atoms with Gasteiger partial charge in [0.1, 0.15) is 17.6 Å². The summed E-state index contributed by atoms with van der Waals surface area (Å²) in [5.74, 6) is -2.30. The van der Waals surface area contributed by atoms with Crippen LogP contribution in [0.2, 0.25) is 5.02 Å². The fraction of sp³-hybridized carbons (Fsp3) is 0.148. The lowest BCUT2D eigenvalue weighted by Gasteiger charge is -2.30. The van der Waals surface area contributed by atoms with Crippen LogP contribution in [0, 0.1) is 16.0 Å². The first-order chi connectivity index (χ1) is 19.2. The third-order valence-corrected chi connectivity index (χ3v) is 9.94. The Kier molecular flexibility index (Phi) is 7.03. The third-order valence-electron chi connectivity index (χ3n) is 6.76. The maximum Gasteiger partial charge on any atom is 0.305 e. The van der Waals surface area contributed by atoms with Crippen LogP contribution in [-0.4, -0.2) is 27.0 Å². The number of hydrogen-bond acceptors (Lipinski definition) is 8. The molecule has 9 nitrogen and oxygen atoms in total. The fourth-order valence-electron chi connectivity index (χ4n) is 4.96. The lowest BCUT2D eigenvalue weighted by Crippen LogP contribution is -2.32. The molecule has 3 atom stereocenters. The van der Waals surface area contributed by atoms with Crippen LogP contribution in [0.25, 0.3) is 0 Å². The normalized spacial score (nSPS) is 19.9. The number of carbonyl (C=O) groups is 2. The van der Waals surface area contributed by atoms with Crippen molar-refractivity contribution in [2.75, 3.05) is 4.90 Å². The van der Waals surface area contributed by atoms with E-state index in [1.165, 1.54) is 18.2 Å². The number of fused-ring (bicyclic) bond motifs is 2. The van der Waals surface area contributed by atoms with Crippen molar-refractivity contribution in [3.05, 3.63) is 112 Å². The predicted octanol–water partition coefficient (Wildman–Crippen LogP) is 6.14. The molecule has 0 aliphatic carbocycles. The van der Waals surface area contributed by atoms with Crippen LogP contribution in [0.3, 0.4) is 0 Å². The lowest BCUT2D eigenvalue weighted by molar-refractivity contribution is -0.385. The van der Waals surface area contributed by atoms with E-state index in [4.69, 9.17) is 16.3 Å². The number of nitro groups is 1. The molecule has 2 amide bonds. The number of benzene rings is 3. The number of carbonyl (C=O) groups excluding carboxylic acids is 2. The molecule has 3 heterocycles. The molecule has 0 saturated carbocycles. The smallest absolute Gasteiger partial charge is 0.305 e. The Morgan fingerprint density at radius 1 is 1.02 bits per heavy atom. The zero-order valence-electron chi connectivity index (χ0n) is 20.2. The number of hydrogen-bond donors (Lipinski definition) is 1. The van der Waals surface area contributed by atoms with E-state index in [0.717, 1.165) is 38.0 Å². The van der Waals surface area contributed by atoms with Gasteiger partial charge in [-0.3, -0.25) is 24.5 Å². The van der Waals surface area contributed by atoms with E-state index in [0.29, 0.717) is 31.9 Å². The number of H-pyrrole nitrogens is 1. The first-order valence-electron chi connectivity index (χ1n) is 11.9. The van der Waals surface area contributed by atoms with E-state index >= 15 is 0 Å². The summed E-state index contributed by atoms with van der Waals surface area (Å²) in [7, 11) is 0. The largest absolute Gasteiger partial charge is 0.489 e. The number of imide groups is 1. The maximum absolute atomic E-state index is 14.0. The van der Waals surface area contributed by atoms with Gasteiger partial charge in [0.15, 0.2) is 0 Å². The molecule has 2 aliphatic rings. The number of aromatic nitrogens is 1. The van der Waals surface area contributed by atoms with Crippen molar-refractivity contribution >= 4 is 73.8 Å². The summed E-state index contributed by atoms with van der Waals surface area (Å²) in [6.07, 6.45) is 0. The van der Waals surface area contributed by atoms with E-state index < -0.39 is 33.8 Å². The standard InChI is InChI=1S/C27H17BrClN3O6S2/c28-14-3-7-16(8-4-14)31-25(33)21-20(22-24(30-27(35)40-22)39-23(21)26(31)34)18-11-17(32(36)37)9-10-19(18)38-12-13-1-5-15(29)6-2-13/h1-11,20-21,23H,12H2,(H,30,35)/t20-,21?,23?/m1/s1. The number of thioether (sulfide) groups is 1. The maximum atomic E-state index is 14.0. The van der Waals surface area contributed by atoms with Crippen molar-refractivity contribution in [1.29, 1.82) is 0 Å². The van der Waals surface area contributed by atoms with Crippen LogP contribution in [0.1, 0.15) is 21.9 Å². The highest BCUT2D eigenvalue weighted by molar-refractivity contribution is 9.10. The molecular formula is C27H17BrClN3O6S2. The monoisotopic (exact) mass is 657 g/mol. The van der Waals surface area contributed by atoms with Gasteiger partial charge in [0, 0.05) is 38.0 Å². The number of nitrogens with zero attached hydrogens (tertiary/aromatic N) is 2. The summed E-state index contributed by atoms with van der Waals surface area (Å²) in [5, 5.41) is 12.0. The molecule has 0 radical (unpaired) electrons.